The van der Waals surface area contributed by atoms with E-state index in [1.807, 2.05) is 12.1 Å². The van der Waals surface area contributed by atoms with Crippen LogP contribution >= 0.6 is 31.9 Å². The fourth-order valence-corrected chi connectivity index (χ4v) is 2.92. The molecule has 0 atom stereocenters. The Labute approximate surface area is 128 Å². The number of aromatic nitrogens is 2. The molecule has 100 valence electrons. The molecule has 0 saturated carbocycles. The molecule has 0 amide bonds. The third-order valence-electron chi connectivity index (χ3n) is 2.63. The van der Waals surface area contributed by atoms with Crippen molar-refractivity contribution >= 4 is 37.6 Å². The summed E-state index contributed by atoms with van der Waals surface area (Å²) < 4.78 is 8.34. The van der Waals surface area contributed by atoms with E-state index in [1.54, 1.807) is 30.1 Å². The fourth-order valence-electron chi connectivity index (χ4n) is 1.69. The number of rotatable bonds is 5. The lowest BCUT2D eigenvalue weighted by atomic mass is 10.1. The predicted octanol–water partition coefficient (Wildman–Crippen LogP) is 3.29. The zero-order valence-corrected chi connectivity index (χ0v) is 13.4. The molecule has 0 bridgehead atoms. The average molecular weight is 388 g/mol. The molecule has 1 heterocycles. The highest BCUT2D eigenvalue weighted by molar-refractivity contribution is 9.11. The number of halogens is 2. The second-order valence-corrected chi connectivity index (χ2v) is 5.66. The summed E-state index contributed by atoms with van der Waals surface area (Å²) in [6.45, 7) is 1.07. The van der Waals surface area contributed by atoms with Crippen LogP contribution in [0.1, 0.15) is 16.1 Å². The van der Waals surface area contributed by atoms with E-state index in [2.05, 4.69) is 37.0 Å². The Kier molecular flexibility index (Phi) is 4.90. The van der Waals surface area contributed by atoms with Crippen LogP contribution in [0, 0.1) is 0 Å². The second kappa shape index (κ2) is 6.45. The topological polar surface area (TPSA) is 44.1 Å². The summed E-state index contributed by atoms with van der Waals surface area (Å²) in [5, 5.41) is 4.14. The van der Waals surface area contributed by atoms with E-state index >= 15 is 0 Å². The van der Waals surface area contributed by atoms with E-state index in [4.69, 9.17) is 4.74 Å². The molecule has 0 fully saturated rings. The molecule has 1 aromatic carbocycles. The summed E-state index contributed by atoms with van der Waals surface area (Å²) in [6, 6.07) is 7.19. The zero-order chi connectivity index (χ0) is 13.8. The number of carbonyl (C=O) groups is 1. The van der Waals surface area contributed by atoms with Gasteiger partial charge in [0.05, 0.1) is 13.2 Å². The van der Waals surface area contributed by atoms with Crippen LogP contribution in [0.15, 0.2) is 39.4 Å². The highest BCUT2D eigenvalue weighted by Gasteiger charge is 2.16. The number of ether oxygens (including phenoxy) is 1. The van der Waals surface area contributed by atoms with Crippen LogP contribution in [0.4, 0.5) is 0 Å². The molecule has 6 heteroatoms. The molecular formula is C13H12Br2N2O2. The molecule has 0 aliphatic heterocycles. The van der Waals surface area contributed by atoms with Crippen molar-refractivity contribution in [2.24, 2.45) is 0 Å². The molecular weight excluding hydrogens is 376 g/mol. The molecule has 19 heavy (non-hydrogen) atoms. The fraction of sp³-hybridized carbons (Fsp3) is 0.231. The molecule has 4 nitrogen and oxygen atoms in total. The Balaban J connectivity index is 2.31. The first-order valence-corrected chi connectivity index (χ1v) is 7.22. The van der Waals surface area contributed by atoms with Gasteiger partial charge < -0.3 is 4.74 Å². The van der Waals surface area contributed by atoms with E-state index < -0.39 is 0 Å². The van der Waals surface area contributed by atoms with Crippen molar-refractivity contribution in [3.05, 3.63) is 50.7 Å². The van der Waals surface area contributed by atoms with Crippen molar-refractivity contribution in [2.75, 3.05) is 13.7 Å². The van der Waals surface area contributed by atoms with Gasteiger partial charge in [0, 0.05) is 27.8 Å². The number of hydrogen-bond acceptors (Lipinski definition) is 3. The Morgan fingerprint density at radius 2 is 2.16 bits per heavy atom. The normalized spacial score (nSPS) is 10.7. The van der Waals surface area contributed by atoms with Crippen LogP contribution in [-0.4, -0.2) is 29.3 Å². The summed E-state index contributed by atoms with van der Waals surface area (Å²) in [4.78, 5) is 12.5. The minimum Gasteiger partial charge on any atom is -0.383 e. The lowest BCUT2D eigenvalue weighted by molar-refractivity contribution is 0.102. The molecule has 1 aromatic heterocycles. The van der Waals surface area contributed by atoms with Crippen LogP contribution in [0.2, 0.25) is 0 Å². The Bertz CT molecular complexity index is 596. The lowest BCUT2D eigenvalue weighted by Gasteiger charge is -2.07. The molecule has 0 radical (unpaired) electrons. The van der Waals surface area contributed by atoms with Crippen molar-refractivity contribution in [3.63, 3.8) is 0 Å². The molecule has 2 rings (SSSR count). The van der Waals surface area contributed by atoms with Crippen LogP contribution in [0.25, 0.3) is 0 Å². The monoisotopic (exact) mass is 386 g/mol. The van der Waals surface area contributed by atoms with Crippen LogP contribution in [-0.2, 0) is 11.3 Å². The van der Waals surface area contributed by atoms with Gasteiger partial charge in [-0.15, -0.1) is 0 Å². The summed E-state index contributed by atoms with van der Waals surface area (Å²) in [6.07, 6.45) is 1.62. The van der Waals surface area contributed by atoms with E-state index in [9.17, 15) is 4.79 Å². The van der Waals surface area contributed by atoms with Crippen molar-refractivity contribution in [2.45, 2.75) is 6.54 Å². The van der Waals surface area contributed by atoms with Gasteiger partial charge in [-0.05, 0) is 40.2 Å². The van der Waals surface area contributed by atoms with Gasteiger partial charge in [0.25, 0.3) is 0 Å². The standard InChI is InChI=1S/C13H12Br2N2O2/c1-19-7-6-17-12(4-5-16-17)13(18)10-3-2-9(14)8-11(10)15/h2-5,8H,6-7H2,1H3. The van der Waals surface area contributed by atoms with Crippen LogP contribution in [0.3, 0.4) is 0 Å². The first kappa shape index (κ1) is 14.4. The van der Waals surface area contributed by atoms with Crippen LogP contribution < -0.4 is 0 Å². The van der Waals surface area contributed by atoms with Gasteiger partial charge in [-0.2, -0.15) is 5.10 Å². The van der Waals surface area contributed by atoms with E-state index in [0.717, 1.165) is 8.95 Å². The SMILES string of the molecule is COCCn1nccc1C(=O)c1ccc(Br)cc1Br. The molecule has 0 aliphatic rings. The number of benzene rings is 1. The zero-order valence-electron chi connectivity index (χ0n) is 10.3. The van der Waals surface area contributed by atoms with Crippen LogP contribution in [0.5, 0.6) is 0 Å². The van der Waals surface area contributed by atoms with Gasteiger partial charge in [0.2, 0.25) is 5.78 Å². The van der Waals surface area contributed by atoms with Gasteiger partial charge in [-0.3, -0.25) is 9.48 Å². The third-order valence-corrected chi connectivity index (χ3v) is 3.78. The largest absolute Gasteiger partial charge is 0.383 e. The smallest absolute Gasteiger partial charge is 0.212 e. The first-order chi connectivity index (χ1) is 9.13. The summed E-state index contributed by atoms with van der Waals surface area (Å²) in [5.41, 5.74) is 1.17. The molecule has 0 spiro atoms. The average Bonchev–Trinajstić information content (AvgIpc) is 2.83. The number of nitrogens with zero attached hydrogens (tertiary/aromatic N) is 2. The number of carbonyl (C=O) groups excluding carboxylic acids is 1. The van der Waals surface area contributed by atoms with E-state index in [-0.39, 0.29) is 5.78 Å². The summed E-state index contributed by atoms with van der Waals surface area (Å²) in [5.74, 6) is -0.0621. The number of methoxy groups -OCH3 is 1. The van der Waals surface area contributed by atoms with Gasteiger partial charge >= 0.3 is 0 Å². The minimum atomic E-state index is -0.0621. The summed E-state index contributed by atoms with van der Waals surface area (Å²) in [7, 11) is 1.62. The highest BCUT2D eigenvalue weighted by atomic mass is 79.9. The lowest BCUT2D eigenvalue weighted by Crippen LogP contribution is -2.14. The third kappa shape index (κ3) is 3.32. The molecule has 2 aromatic rings. The van der Waals surface area contributed by atoms with Crippen molar-refractivity contribution < 1.29 is 9.53 Å². The van der Waals surface area contributed by atoms with Crippen molar-refractivity contribution in [1.29, 1.82) is 0 Å². The van der Waals surface area contributed by atoms with E-state index in [0.29, 0.717) is 24.4 Å². The Hall–Kier alpha value is -0.980. The van der Waals surface area contributed by atoms with Gasteiger partial charge in [-0.1, -0.05) is 15.9 Å². The molecule has 0 N–H and O–H groups in total. The molecule has 0 aliphatic carbocycles. The minimum absolute atomic E-state index is 0.0621. The maximum absolute atomic E-state index is 12.5. The van der Waals surface area contributed by atoms with Crippen molar-refractivity contribution in [1.82, 2.24) is 9.78 Å². The molecule has 0 unspecified atom stereocenters. The predicted molar refractivity (Wildman–Crippen MR) is 79.4 cm³/mol. The maximum atomic E-state index is 12.5. The summed E-state index contributed by atoms with van der Waals surface area (Å²) >= 11 is 6.77. The number of hydrogen-bond donors (Lipinski definition) is 0. The first-order valence-electron chi connectivity index (χ1n) is 5.64. The highest BCUT2D eigenvalue weighted by Crippen LogP contribution is 2.24. The van der Waals surface area contributed by atoms with Gasteiger partial charge in [0.1, 0.15) is 5.69 Å². The second-order valence-electron chi connectivity index (χ2n) is 3.89. The van der Waals surface area contributed by atoms with Gasteiger partial charge in [-0.25, -0.2) is 0 Å². The van der Waals surface area contributed by atoms with Gasteiger partial charge in [0.15, 0.2) is 0 Å². The maximum Gasteiger partial charge on any atom is 0.212 e. The Morgan fingerprint density at radius 1 is 1.37 bits per heavy atom. The van der Waals surface area contributed by atoms with E-state index in [1.165, 1.54) is 0 Å². The number of ketones is 1. The molecule has 0 saturated heterocycles. The quantitative estimate of drug-likeness (QED) is 0.739. The Morgan fingerprint density at radius 3 is 2.84 bits per heavy atom. The van der Waals surface area contributed by atoms with Crippen molar-refractivity contribution in [3.8, 4) is 0 Å².